The predicted molar refractivity (Wildman–Crippen MR) is 146 cm³/mol. The number of ether oxygens (including phenoxy) is 2. The van der Waals surface area contributed by atoms with E-state index < -0.39 is 0 Å². The SMILES string of the molecule is CCCCCCCCCCCCCOC(=O)CCCCCCCCC(=O)Oc1cccc(CC)c1. The van der Waals surface area contributed by atoms with Crippen LogP contribution in [0.2, 0.25) is 0 Å². The van der Waals surface area contributed by atoms with Gasteiger partial charge in [-0.25, -0.2) is 0 Å². The Morgan fingerprint density at radius 3 is 1.71 bits per heavy atom. The molecule has 0 spiro atoms. The Hall–Kier alpha value is -1.84. The molecule has 4 nitrogen and oxygen atoms in total. The maximum atomic E-state index is 12.0. The van der Waals surface area contributed by atoms with Gasteiger partial charge in [0.05, 0.1) is 6.61 Å². The summed E-state index contributed by atoms with van der Waals surface area (Å²) in [5.74, 6) is 0.440. The number of carbonyl (C=O) groups excluding carboxylic acids is 2. The standard InChI is InChI=1S/C31H52O4/c1-3-5-6-7-8-9-10-11-14-17-20-26-34-30(32)24-18-15-12-13-16-19-25-31(33)35-29-23-21-22-28(4-2)27-29/h21-23,27H,3-20,24-26H2,1-2H3. The van der Waals surface area contributed by atoms with E-state index in [9.17, 15) is 9.59 Å². The fourth-order valence-corrected chi connectivity index (χ4v) is 4.28. The fraction of sp³-hybridized carbons (Fsp3) is 0.742. The first-order valence-corrected chi connectivity index (χ1v) is 14.6. The number of aryl methyl sites for hydroxylation is 1. The molecule has 0 atom stereocenters. The zero-order valence-electron chi connectivity index (χ0n) is 22.8. The molecular weight excluding hydrogens is 436 g/mol. The topological polar surface area (TPSA) is 52.6 Å². The first-order chi connectivity index (χ1) is 17.2. The summed E-state index contributed by atoms with van der Waals surface area (Å²) in [7, 11) is 0. The normalized spacial score (nSPS) is 10.9. The highest BCUT2D eigenvalue weighted by molar-refractivity contribution is 5.72. The summed E-state index contributed by atoms with van der Waals surface area (Å²) in [6.45, 7) is 4.93. The average molecular weight is 489 g/mol. The molecule has 0 radical (unpaired) electrons. The zero-order valence-corrected chi connectivity index (χ0v) is 22.8. The summed E-state index contributed by atoms with van der Waals surface area (Å²) >= 11 is 0. The smallest absolute Gasteiger partial charge is 0.311 e. The molecular formula is C31H52O4. The first kappa shape index (κ1) is 31.2. The van der Waals surface area contributed by atoms with Crippen LogP contribution in [0, 0.1) is 0 Å². The Bertz CT molecular complexity index is 655. The summed E-state index contributed by atoms with van der Waals surface area (Å²) in [4.78, 5) is 23.8. The van der Waals surface area contributed by atoms with Crippen molar-refractivity contribution < 1.29 is 19.1 Å². The van der Waals surface area contributed by atoms with E-state index >= 15 is 0 Å². The molecule has 1 aromatic rings. The molecule has 0 bridgehead atoms. The molecule has 0 heterocycles. The largest absolute Gasteiger partial charge is 0.466 e. The van der Waals surface area contributed by atoms with Crippen molar-refractivity contribution in [3.8, 4) is 5.75 Å². The molecule has 0 aliphatic carbocycles. The second kappa shape index (κ2) is 22.6. The minimum atomic E-state index is -0.154. The third kappa shape index (κ3) is 19.1. The van der Waals surface area contributed by atoms with Crippen molar-refractivity contribution in [2.24, 2.45) is 0 Å². The van der Waals surface area contributed by atoms with Crippen molar-refractivity contribution >= 4 is 11.9 Å². The van der Waals surface area contributed by atoms with E-state index in [2.05, 4.69) is 13.8 Å². The van der Waals surface area contributed by atoms with E-state index in [1.807, 2.05) is 24.3 Å². The molecule has 4 heteroatoms. The van der Waals surface area contributed by atoms with Crippen LogP contribution in [-0.2, 0) is 20.7 Å². The first-order valence-electron chi connectivity index (χ1n) is 14.6. The predicted octanol–water partition coefficient (Wildman–Crippen LogP) is 9.13. The lowest BCUT2D eigenvalue weighted by Crippen LogP contribution is -2.07. The van der Waals surface area contributed by atoms with E-state index in [1.54, 1.807) is 0 Å². The average Bonchev–Trinajstić information content (AvgIpc) is 2.86. The molecule has 0 unspecified atom stereocenters. The monoisotopic (exact) mass is 488 g/mol. The Morgan fingerprint density at radius 1 is 0.629 bits per heavy atom. The summed E-state index contributed by atoms with van der Waals surface area (Å²) in [5.41, 5.74) is 1.17. The van der Waals surface area contributed by atoms with Gasteiger partial charge in [0.2, 0.25) is 0 Å². The molecule has 0 aliphatic heterocycles. The quantitative estimate of drug-likeness (QED) is 0.0875. The molecule has 0 saturated carbocycles. The third-order valence-electron chi connectivity index (χ3n) is 6.56. The molecule has 1 aromatic carbocycles. The van der Waals surface area contributed by atoms with Crippen molar-refractivity contribution in [2.45, 2.75) is 142 Å². The number of unbranched alkanes of at least 4 members (excludes halogenated alkanes) is 15. The van der Waals surface area contributed by atoms with E-state index in [0.29, 0.717) is 25.2 Å². The lowest BCUT2D eigenvalue weighted by Gasteiger charge is -2.06. The molecule has 200 valence electrons. The van der Waals surface area contributed by atoms with E-state index in [0.717, 1.165) is 51.4 Å². The van der Waals surface area contributed by atoms with Crippen LogP contribution < -0.4 is 4.74 Å². The van der Waals surface area contributed by atoms with Gasteiger partial charge in [0, 0.05) is 12.8 Å². The summed E-state index contributed by atoms with van der Waals surface area (Å²) < 4.78 is 10.8. The number of hydrogen-bond donors (Lipinski definition) is 0. The van der Waals surface area contributed by atoms with Crippen LogP contribution >= 0.6 is 0 Å². The second-order valence-electron chi connectivity index (χ2n) is 9.85. The molecule has 0 aromatic heterocycles. The number of rotatable bonds is 23. The van der Waals surface area contributed by atoms with Crippen LogP contribution in [0.3, 0.4) is 0 Å². The maximum absolute atomic E-state index is 12.0. The lowest BCUT2D eigenvalue weighted by molar-refractivity contribution is -0.144. The van der Waals surface area contributed by atoms with Crippen LogP contribution in [0.5, 0.6) is 5.75 Å². The highest BCUT2D eigenvalue weighted by Crippen LogP contribution is 2.16. The van der Waals surface area contributed by atoms with Gasteiger partial charge in [0.25, 0.3) is 0 Å². The fourth-order valence-electron chi connectivity index (χ4n) is 4.28. The van der Waals surface area contributed by atoms with Gasteiger partial charge in [-0.2, -0.15) is 0 Å². The molecule has 1 rings (SSSR count). The summed E-state index contributed by atoms with van der Waals surface area (Å²) in [6, 6.07) is 7.73. The molecule has 0 N–H and O–H groups in total. The van der Waals surface area contributed by atoms with E-state index in [4.69, 9.17) is 9.47 Å². The van der Waals surface area contributed by atoms with Crippen LogP contribution in [0.1, 0.15) is 141 Å². The van der Waals surface area contributed by atoms with Gasteiger partial charge in [-0.1, -0.05) is 116 Å². The Labute approximate surface area is 215 Å². The van der Waals surface area contributed by atoms with Crippen molar-refractivity contribution in [1.82, 2.24) is 0 Å². The highest BCUT2D eigenvalue weighted by Gasteiger charge is 2.06. The Morgan fingerprint density at radius 2 is 1.14 bits per heavy atom. The van der Waals surface area contributed by atoms with E-state index in [1.165, 1.54) is 69.8 Å². The van der Waals surface area contributed by atoms with Crippen molar-refractivity contribution in [3.63, 3.8) is 0 Å². The molecule has 35 heavy (non-hydrogen) atoms. The van der Waals surface area contributed by atoms with Gasteiger partial charge in [-0.05, 0) is 43.4 Å². The van der Waals surface area contributed by atoms with Crippen LogP contribution in [0.4, 0.5) is 0 Å². The van der Waals surface area contributed by atoms with Crippen molar-refractivity contribution in [2.75, 3.05) is 6.61 Å². The number of esters is 2. The van der Waals surface area contributed by atoms with Gasteiger partial charge >= 0.3 is 11.9 Å². The van der Waals surface area contributed by atoms with Crippen molar-refractivity contribution in [1.29, 1.82) is 0 Å². The molecule has 0 fully saturated rings. The highest BCUT2D eigenvalue weighted by atomic mass is 16.5. The van der Waals surface area contributed by atoms with E-state index in [-0.39, 0.29) is 11.9 Å². The zero-order chi connectivity index (χ0) is 25.4. The maximum Gasteiger partial charge on any atom is 0.311 e. The number of benzene rings is 1. The Kier molecular flexibility index (Phi) is 20.2. The minimum Gasteiger partial charge on any atom is -0.466 e. The molecule has 0 saturated heterocycles. The number of carbonyl (C=O) groups is 2. The lowest BCUT2D eigenvalue weighted by atomic mass is 10.1. The van der Waals surface area contributed by atoms with Gasteiger partial charge in [-0.15, -0.1) is 0 Å². The number of hydrogen-bond acceptors (Lipinski definition) is 4. The summed E-state index contributed by atoms with van der Waals surface area (Å²) in [6.07, 6.45) is 22.3. The third-order valence-corrected chi connectivity index (χ3v) is 6.56. The van der Waals surface area contributed by atoms with Gasteiger partial charge < -0.3 is 9.47 Å². The van der Waals surface area contributed by atoms with Gasteiger partial charge in [-0.3, -0.25) is 9.59 Å². The van der Waals surface area contributed by atoms with Crippen molar-refractivity contribution in [3.05, 3.63) is 29.8 Å². The Balaban J connectivity index is 1.83. The van der Waals surface area contributed by atoms with Crippen LogP contribution in [-0.4, -0.2) is 18.5 Å². The van der Waals surface area contributed by atoms with Crippen LogP contribution in [0.15, 0.2) is 24.3 Å². The van der Waals surface area contributed by atoms with Crippen LogP contribution in [0.25, 0.3) is 0 Å². The molecule has 0 aliphatic rings. The minimum absolute atomic E-state index is 0.0491. The van der Waals surface area contributed by atoms with Gasteiger partial charge in [0.15, 0.2) is 0 Å². The summed E-state index contributed by atoms with van der Waals surface area (Å²) in [5, 5.41) is 0. The molecule has 0 amide bonds. The second-order valence-corrected chi connectivity index (χ2v) is 9.85. The van der Waals surface area contributed by atoms with Gasteiger partial charge in [0.1, 0.15) is 5.75 Å².